The van der Waals surface area contributed by atoms with Crippen molar-refractivity contribution in [3.05, 3.63) is 58.7 Å². The van der Waals surface area contributed by atoms with E-state index in [-0.39, 0.29) is 12.7 Å². The molecule has 2 aromatic carbocycles. The molecule has 1 aromatic heterocycles. The number of aromatic nitrogens is 1. The van der Waals surface area contributed by atoms with Gasteiger partial charge in [0, 0.05) is 22.3 Å². The summed E-state index contributed by atoms with van der Waals surface area (Å²) >= 11 is 6.25. The van der Waals surface area contributed by atoms with E-state index in [0.29, 0.717) is 16.3 Å². The summed E-state index contributed by atoms with van der Waals surface area (Å²) in [6, 6.07) is 11.2. The van der Waals surface area contributed by atoms with E-state index in [1.165, 1.54) is 6.20 Å². The van der Waals surface area contributed by atoms with Crippen molar-refractivity contribution in [1.29, 1.82) is 0 Å². The van der Waals surface area contributed by atoms with Crippen LogP contribution >= 0.6 is 11.6 Å². The van der Waals surface area contributed by atoms with Crippen LogP contribution in [0.25, 0.3) is 10.9 Å². The molecule has 1 N–H and O–H groups in total. The number of hydrogen-bond acceptors (Lipinski definition) is 5. The second kappa shape index (κ2) is 8.48. The molecular weight excluding hydrogens is 376 g/mol. The van der Waals surface area contributed by atoms with Gasteiger partial charge in [-0.1, -0.05) is 11.6 Å². The largest absolute Gasteiger partial charge is 0.491 e. The molecule has 0 fully saturated rings. The van der Waals surface area contributed by atoms with E-state index >= 15 is 0 Å². The SMILES string of the molecule is CCOC(=O)c1cnc2c(C)c(Cl)ccc2c1Nc1ccc(OC(C)C)cc1. The average molecular weight is 399 g/mol. The lowest BCUT2D eigenvalue weighted by atomic mass is 10.1. The Balaban J connectivity index is 2.07. The molecule has 0 atom stereocenters. The van der Waals surface area contributed by atoms with Gasteiger partial charge < -0.3 is 14.8 Å². The van der Waals surface area contributed by atoms with E-state index < -0.39 is 5.97 Å². The smallest absolute Gasteiger partial charge is 0.341 e. The van der Waals surface area contributed by atoms with Crippen molar-refractivity contribution in [2.24, 2.45) is 0 Å². The Labute approximate surface area is 169 Å². The normalized spacial score (nSPS) is 10.9. The average Bonchev–Trinajstić information content (AvgIpc) is 2.66. The fourth-order valence-electron chi connectivity index (χ4n) is 2.91. The highest BCUT2D eigenvalue weighted by molar-refractivity contribution is 6.32. The van der Waals surface area contributed by atoms with Crippen LogP contribution in [0.15, 0.2) is 42.6 Å². The highest BCUT2D eigenvalue weighted by atomic mass is 35.5. The summed E-state index contributed by atoms with van der Waals surface area (Å²) in [5.41, 5.74) is 3.43. The van der Waals surface area contributed by atoms with Gasteiger partial charge in [-0.2, -0.15) is 0 Å². The van der Waals surface area contributed by atoms with Gasteiger partial charge in [0.2, 0.25) is 0 Å². The molecule has 1 heterocycles. The third-order valence-electron chi connectivity index (χ3n) is 4.22. The van der Waals surface area contributed by atoms with Crippen LogP contribution in [0.1, 0.15) is 36.7 Å². The molecule has 5 nitrogen and oxygen atoms in total. The van der Waals surface area contributed by atoms with Crippen LogP contribution in [0.3, 0.4) is 0 Å². The molecule has 146 valence electrons. The number of aryl methyl sites for hydroxylation is 1. The van der Waals surface area contributed by atoms with E-state index in [0.717, 1.165) is 27.9 Å². The highest BCUT2D eigenvalue weighted by Crippen LogP contribution is 2.34. The van der Waals surface area contributed by atoms with Crippen molar-refractivity contribution in [1.82, 2.24) is 4.98 Å². The molecule has 3 aromatic rings. The van der Waals surface area contributed by atoms with Crippen molar-refractivity contribution in [3.8, 4) is 5.75 Å². The van der Waals surface area contributed by atoms with Crippen LogP contribution in [0.5, 0.6) is 5.75 Å². The summed E-state index contributed by atoms with van der Waals surface area (Å²) in [7, 11) is 0. The number of nitrogens with one attached hydrogen (secondary N) is 1. The summed E-state index contributed by atoms with van der Waals surface area (Å²) < 4.78 is 10.9. The number of carbonyl (C=O) groups is 1. The standard InChI is InChI=1S/C22H23ClN2O3/c1-5-27-22(26)18-12-24-20-14(4)19(23)11-10-17(20)21(18)25-15-6-8-16(9-7-15)28-13(2)3/h6-13H,5H2,1-4H3,(H,24,25). The summed E-state index contributed by atoms with van der Waals surface area (Å²) in [6.07, 6.45) is 1.63. The molecule has 0 spiro atoms. The molecule has 0 saturated carbocycles. The van der Waals surface area contributed by atoms with Gasteiger partial charge in [-0.25, -0.2) is 4.79 Å². The Morgan fingerprint density at radius 3 is 2.54 bits per heavy atom. The van der Waals surface area contributed by atoms with E-state index in [1.807, 2.05) is 51.1 Å². The minimum atomic E-state index is -0.424. The van der Waals surface area contributed by atoms with E-state index in [4.69, 9.17) is 21.1 Å². The number of esters is 1. The molecule has 0 aliphatic heterocycles. The molecular formula is C22H23ClN2O3. The van der Waals surface area contributed by atoms with Crippen molar-refractivity contribution < 1.29 is 14.3 Å². The van der Waals surface area contributed by atoms with Gasteiger partial charge >= 0.3 is 5.97 Å². The summed E-state index contributed by atoms with van der Waals surface area (Å²) in [4.78, 5) is 16.9. The topological polar surface area (TPSA) is 60.5 Å². The number of fused-ring (bicyclic) bond motifs is 1. The van der Waals surface area contributed by atoms with E-state index in [2.05, 4.69) is 10.3 Å². The molecule has 0 bridgehead atoms. The molecule has 0 saturated heterocycles. The molecule has 0 aliphatic rings. The van der Waals surface area contributed by atoms with Gasteiger partial charge in [0.05, 0.1) is 23.9 Å². The predicted octanol–water partition coefficient (Wildman–Crippen LogP) is 5.90. The first-order chi connectivity index (χ1) is 13.4. The van der Waals surface area contributed by atoms with Gasteiger partial charge in [0.25, 0.3) is 0 Å². The van der Waals surface area contributed by atoms with Crippen molar-refractivity contribution >= 4 is 39.8 Å². The fraction of sp³-hybridized carbons (Fsp3) is 0.273. The molecule has 6 heteroatoms. The molecule has 0 amide bonds. The quantitative estimate of drug-likeness (QED) is 0.523. The Kier molecular flexibility index (Phi) is 6.05. The predicted molar refractivity (Wildman–Crippen MR) is 113 cm³/mol. The second-order valence-corrected chi connectivity index (χ2v) is 7.06. The van der Waals surface area contributed by atoms with Gasteiger partial charge in [-0.3, -0.25) is 4.98 Å². The van der Waals surface area contributed by atoms with Crippen LogP contribution in [0.2, 0.25) is 5.02 Å². The number of pyridine rings is 1. The van der Waals surface area contributed by atoms with Crippen LogP contribution in [-0.4, -0.2) is 23.7 Å². The Morgan fingerprint density at radius 2 is 1.89 bits per heavy atom. The van der Waals surface area contributed by atoms with Crippen LogP contribution in [0.4, 0.5) is 11.4 Å². The Morgan fingerprint density at radius 1 is 1.18 bits per heavy atom. The summed E-state index contributed by atoms with van der Waals surface area (Å²) in [6.45, 7) is 7.93. The number of benzene rings is 2. The number of rotatable bonds is 6. The van der Waals surface area contributed by atoms with Gasteiger partial charge in [-0.05, 0) is 69.7 Å². The lowest BCUT2D eigenvalue weighted by molar-refractivity contribution is 0.0527. The summed E-state index contributed by atoms with van der Waals surface area (Å²) in [5.74, 6) is 0.361. The molecule has 0 radical (unpaired) electrons. The molecule has 28 heavy (non-hydrogen) atoms. The maximum absolute atomic E-state index is 12.5. The summed E-state index contributed by atoms with van der Waals surface area (Å²) in [5, 5.41) is 4.77. The number of ether oxygens (including phenoxy) is 2. The zero-order chi connectivity index (χ0) is 20.3. The molecule has 0 unspecified atom stereocenters. The molecule has 0 aliphatic carbocycles. The minimum absolute atomic E-state index is 0.103. The monoisotopic (exact) mass is 398 g/mol. The second-order valence-electron chi connectivity index (χ2n) is 6.65. The maximum atomic E-state index is 12.5. The first-order valence-electron chi connectivity index (χ1n) is 9.19. The fourth-order valence-corrected chi connectivity index (χ4v) is 3.07. The first-order valence-corrected chi connectivity index (χ1v) is 9.57. The van der Waals surface area contributed by atoms with Crippen molar-refractivity contribution in [2.75, 3.05) is 11.9 Å². The van der Waals surface area contributed by atoms with Gasteiger partial charge in [0.1, 0.15) is 11.3 Å². The Bertz CT molecular complexity index is 1000. The van der Waals surface area contributed by atoms with Gasteiger partial charge in [-0.15, -0.1) is 0 Å². The number of anilines is 2. The lowest BCUT2D eigenvalue weighted by Crippen LogP contribution is -2.09. The zero-order valence-electron chi connectivity index (χ0n) is 16.4. The minimum Gasteiger partial charge on any atom is -0.491 e. The van der Waals surface area contributed by atoms with Crippen molar-refractivity contribution in [3.63, 3.8) is 0 Å². The van der Waals surface area contributed by atoms with Crippen LogP contribution in [0, 0.1) is 6.92 Å². The van der Waals surface area contributed by atoms with Gasteiger partial charge in [0.15, 0.2) is 0 Å². The Hall–Kier alpha value is -2.79. The van der Waals surface area contributed by atoms with E-state index in [1.54, 1.807) is 13.0 Å². The number of carbonyl (C=O) groups excluding carboxylic acids is 1. The van der Waals surface area contributed by atoms with Crippen LogP contribution < -0.4 is 10.1 Å². The first kappa shape index (κ1) is 20.0. The van der Waals surface area contributed by atoms with Crippen LogP contribution in [-0.2, 0) is 4.74 Å². The molecule has 3 rings (SSSR count). The number of halogens is 1. The zero-order valence-corrected chi connectivity index (χ0v) is 17.1. The number of nitrogens with zero attached hydrogens (tertiary/aromatic N) is 1. The highest BCUT2D eigenvalue weighted by Gasteiger charge is 2.18. The van der Waals surface area contributed by atoms with Crippen molar-refractivity contribution in [2.45, 2.75) is 33.8 Å². The third kappa shape index (κ3) is 4.20. The van der Waals surface area contributed by atoms with E-state index in [9.17, 15) is 4.79 Å². The number of hydrogen-bond donors (Lipinski definition) is 1. The third-order valence-corrected chi connectivity index (χ3v) is 4.63. The lowest BCUT2D eigenvalue weighted by Gasteiger charge is -2.16. The maximum Gasteiger partial charge on any atom is 0.341 e.